The summed E-state index contributed by atoms with van der Waals surface area (Å²) in [6.07, 6.45) is 5.66. The van der Waals surface area contributed by atoms with Gasteiger partial charge in [0.25, 0.3) is 0 Å². The highest BCUT2D eigenvalue weighted by atomic mass is 16.5. The number of nitrogens with zero attached hydrogens (tertiary/aromatic N) is 1. The van der Waals surface area contributed by atoms with Crippen LogP contribution in [0.4, 0.5) is 0 Å². The van der Waals surface area contributed by atoms with Crippen LogP contribution in [0.5, 0.6) is 0 Å². The number of rotatable bonds is 4. The van der Waals surface area contributed by atoms with Crippen molar-refractivity contribution in [2.45, 2.75) is 77.6 Å². The van der Waals surface area contributed by atoms with Gasteiger partial charge in [0, 0.05) is 24.7 Å². The van der Waals surface area contributed by atoms with E-state index in [2.05, 4.69) is 37.9 Å². The lowest BCUT2D eigenvalue weighted by Gasteiger charge is -2.48. The summed E-state index contributed by atoms with van der Waals surface area (Å²) in [5.74, 6) is 0.871. The van der Waals surface area contributed by atoms with Crippen LogP contribution in [0.2, 0.25) is 0 Å². The van der Waals surface area contributed by atoms with Gasteiger partial charge in [-0.15, -0.1) is 0 Å². The predicted molar refractivity (Wildman–Crippen MR) is 80.5 cm³/mol. The number of hydrogen-bond acceptors (Lipinski definition) is 3. The number of likely N-dealkylation sites (N-methyl/N-ethyl adjacent to an activating group) is 1. The van der Waals surface area contributed by atoms with Crippen LogP contribution in [0.25, 0.3) is 0 Å². The van der Waals surface area contributed by atoms with Crippen molar-refractivity contribution in [2.24, 2.45) is 5.92 Å². The fraction of sp³-hybridized carbons (Fsp3) is 1.00. The first kappa shape index (κ1) is 15.3. The van der Waals surface area contributed by atoms with Gasteiger partial charge in [0.15, 0.2) is 0 Å². The van der Waals surface area contributed by atoms with Gasteiger partial charge in [-0.1, -0.05) is 20.8 Å². The molecule has 0 aromatic heterocycles. The van der Waals surface area contributed by atoms with Crippen LogP contribution in [0.15, 0.2) is 0 Å². The molecule has 112 valence electrons. The Balaban J connectivity index is 2.08. The minimum absolute atomic E-state index is 0.391. The molecule has 0 spiro atoms. The number of hydrogen-bond donors (Lipinski definition) is 1. The normalized spacial score (nSPS) is 41.4. The zero-order valence-electron chi connectivity index (χ0n) is 13.2. The molecule has 3 nitrogen and oxygen atoms in total. The van der Waals surface area contributed by atoms with Crippen LogP contribution in [-0.2, 0) is 4.74 Å². The molecule has 0 aromatic rings. The minimum Gasteiger partial charge on any atom is -0.376 e. The molecule has 2 fully saturated rings. The zero-order chi connectivity index (χ0) is 13.8. The van der Waals surface area contributed by atoms with E-state index in [1.165, 1.54) is 25.7 Å². The Morgan fingerprint density at radius 3 is 2.68 bits per heavy atom. The summed E-state index contributed by atoms with van der Waals surface area (Å²) in [4.78, 5) is 2.76. The van der Waals surface area contributed by atoms with Gasteiger partial charge in [-0.25, -0.2) is 0 Å². The molecule has 2 aliphatic rings. The average molecular weight is 268 g/mol. The molecule has 1 aliphatic heterocycles. The molecule has 0 bridgehead atoms. The van der Waals surface area contributed by atoms with Gasteiger partial charge < -0.3 is 10.1 Å². The first-order valence-electron chi connectivity index (χ1n) is 8.26. The van der Waals surface area contributed by atoms with E-state index >= 15 is 0 Å². The molecule has 0 amide bonds. The zero-order valence-corrected chi connectivity index (χ0v) is 13.2. The van der Waals surface area contributed by atoms with Gasteiger partial charge in [-0.05, 0) is 45.1 Å². The highest BCUT2D eigenvalue weighted by Crippen LogP contribution is 2.31. The first-order chi connectivity index (χ1) is 9.15. The fourth-order valence-corrected chi connectivity index (χ4v) is 3.85. The van der Waals surface area contributed by atoms with E-state index in [-0.39, 0.29) is 0 Å². The highest BCUT2D eigenvalue weighted by molar-refractivity contribution is 4.94. The smallest absolute Gasteiger partial charge is 0.0674 e. The number of morpholine rings is 1. The summed E-state index contributed by atoms with van der Waals surface area (Å²) in [6.45, 7) is 12.3. The Morgan fingerprint density at radius 1 is 1.21 bits per heavy atom. The third kappa shape index (κ3) is 3.71. The highest BCUT2D eigenvalue weighted by Gasteiger charge is 2.37. The van der Waals surface area contributed by atoms with E-state index in [9.17, 15) is 0 Å². The standard InChI is InChI=1S/C16H32N2O/c1-5-14-11-19-13(4)10-18(14)16-9-12(3)7-8-15(16)17-6-2/h12-17H,5-11H2,1-4H3. The third-order valence-corrected chi connectivity index (χ3v) is 4.95. The van der Waals surface area contributed by atoms with Gasteiger partial charge >= 0.3 is 0 Å². The first-order valence-corrected chi connectivity index (χ1v) is 8.26. The van der Waals surface area contributed by atoms with Gasteiger partial charge in [-0.2, -0.15) is 0 Å². The monoisotopic (exact) mass is 268 g/mol. The van der Waals surface area contributed by atoms with Crippen LogP contribution in [0.1, 0.15) is 53.4 Å². The minimum atomic E-state index is 0.391. The van der Waals surface area contributed by atoms with Crippen molar-refractivity contribution < 1.29 is 4.74 Å². The molecule has 5 atom stereocenters. The Morgan fingerprint density at radius 2 is 2.00 bits per heavy atom. The molecular weight excluding hydrogens is 236 g/mol. The number of nitrogens with one attached hydrogen (secondary N) is 1. The van der Waals surface area contributed by atoms with E-state index in [1.54, 1.807) is 0 Å². The average Bonchev–Trinajstić information content (AvgIpc) is 2.41. The summed E-state index contributed by atoms with van der Waals surface area (Å²) in [7, 11) is 0. The molecule has 1 N–H and O–H groups in total. The van der Waals surface area contributed by atoms with Crippen LogP contribution >= 0.6 is 0 Å². The summed E-state index contributed by atoms with van der Waals surface area (Å²) >= 11 is 0. The second-order valence-corrected chi connectivity index (χ2v) is 6.55. The topological polar surface area (TPSA) is 24.5 Å². The quantitative estimate of drug-likeness (QED) is 0.848. The van der Waals surface area contributed by atoms with E-state index in [4.69, 9.17) is 4.74 Å². The third-order valence-electron chi connectivity index (χ3n) is 4.95. The maximum Gasteiger partial charge on any atom is 0.0674 e. The van der Waals surface area contributed by atoms with Crippen molar-refractivity contribution in [3.05, 3.63) is 0 Å². The lowest BCUT2D eigenvalue weighted by molar-refractivity contribution is -0.0853. The van der Waals surface area contributed by atoms with E-state index < -0.39 is 0 Å². The molecule has 1 saturated heterocycles. The van der Waals surface area contributed by atoms with Gasteiger partial charge in [0.2, 0.25) is 0 Å². The van der Waals surface area contributed by atoms with Crippen LogP contribution < -0.4 is 5.32 Å². The van der Waals surface area contributed by atoms with Crippen LogP contribution in [0.3, 0.4) is 0 Å². The van der Waals surface area contributed by atoms with E-state index in [1.807, 2.05) is 0 Å². The predicted octanol–water partition coefficient (Wildman–Crippen LogP) is 2.65. The molecule has 19 heavy (non-hydrogen) atoms. The van der Waals surface area contributed by atoms with Crippen molar-refractivity contribution in [1.29, 1.82) is 0 Å². The van der Waals surface area contributed by atoms with Crippen LogP contribution in [0, 0.1) is 5.92 Å². The second-order valence-electron chi connectivity index (χ2n) is 6.55. The molecule has 5 unspecified atom stereocenters. The molecule has 0 radical (unpaired) electrons. The molecule has 1 aliphatic carbocycles. The summed E-state index contributed by atoms with van der Waals surface area (Å²) in [5.41, 5.74) is 0. The summed E-state index contributed by atoms with van der Waals surface area (Å²) < 4.78 is 5.86. The number of ether oxygens (including phenoxy) is 1. The Bertz CT molecular complexity index is 271. The van der Waals surface area contributed by atoms with Crippen molar-refractivity contribution in [3.63, 3.8) is 0 Å². The SMILES string of the molecule is CCNC1CCC(C)CC1N1CC(C)OCC1CC. The van der Waals surface area contributed by atoms with Gasteiger partial charge in [0.1, 0.15) is 0 Å². The molecule has 1 heterocycles. The molecule has 1 saturated carbocycles. The van der Waals surface area contributed by atoms with Crippen molar-refractivity contribution >= 4 is 0 Å². The summed E-state index contributed by atoms with van der Waals surface area (Å²) in [6, 6.07) is 2.01. The van der Waals surface area contributed by atoms with E-state index in [0.29, 0.717) is 24.2 Å². The van der Waals surface area contributed by atoms with E-state index in [0.717, 1.165) is 25.6 Å². The Labute approximate surface area is 119 Å². The Hall–Kier alpha value is -0.120. The molecule has 3 heteroatoms. The van der Waals surface area contributed by atoms with Crippen LogP contribution in [-0.4, -0.2) is 48.8 Å². The maximum absolute atomic E-state index is 5.86. The van der Waals surface area contributed by atoms with Crippen molar-refractivity contribution in [1.82, 2.24) is 10.2 Å². The fourth-order valence-electron chi connectivity index (χ4n) is 3.85. The van der Waals surface area contributed by atoms with Crippen molar-refractivity contribution in [3.8, 4) is 0 Å². The summed E-state index contributed by atoms with van der Waals surface area (Å²) in [5, 5.41) is 3.73. The lowest BCUT2D eigenvalue weighted by atomic mass is 9.81. The lowest BCUT2D eigenvalue weighted by Crippen LogP contribution is -2.60. The Kier molecular flexibility index (Phi) is 5.67. The largest absolute Gasteiger partial charge is 0.376 e. The molecule has 0 aromatic carbocycles. The van der Waals surface area contributed by atoms with Crippen molar-refractivity contribution in [2.75, 3.05) is 19.7 Å². The second kappa shape index (κ2) is 7.05. The maximum atomic E-state index is 5.86. The molecule has 2 rings (SSSR count). The molecular formula is C16H32N2O. The van der Waals surface area contributed by atoms with Gasteiger partial charge in [-0.3, -0.25) is 4.90 Å². The van der Waals surface area contributed by atoms with Gasteiger partial charge in [0.05, 0.1) is 12.7 Å².